The van der Waals surface area contributed by atoms with Gasteiger partial charge >= 0.3 is 0 Å². The minimum Gasteiger partial charge on any atom is -0.309 e. The molecule has 6 heteroatoms. The molecule has 318 valence electrons. The minimum absolute atomic E-state index is 0.571. The second-order valence-corrected chi connectivity index (χ2v) is 17.1. The molecule has 0 spiro atoms. The van der Waals surface area contributed by atoms with Crippen LogP contribution in [0.15, 0.2) is 243 Å². The largest absolute Gasteiger partial charge is 0.309 e. The maximum Gasteiger partial charge on any atom is 0.166 e. The Bertz CT molecular complexity index is 3920. The molecule has 0 atom stereocenters. The van der Waals surface area contributed by atoms with Gasteiger partial charge in [-0.25, -0.2) is 15.0 Å². The molecule has 0 unspecified atom stereocenters. The van der Waals surface area contributed by atoms with Crippen LogP contribution in [-0.4, -0.2) is 29.1 Å². The standard InChI is InChI=1S/C62H40N6/c1-3-17-41(18-4-1)43-21-15-22-45(37-43)48-34-33-46(39-58(48)67-54-28-11-7-24-49(54)50-25-8-12-29-55(50)67)61-64-60(42-19-5-2-6-20-42)65-62(66-61)53-35-32-44(47-23-16-36-63-40-47)38-59(53)68-56-30-13-9-26-51(56)52-27-10-14-31-57(52)68/h1-40H. The van der Waals surface area contributed by atoms with E-state index in [9.17, 15) is 0 Å². The number of para-hydroxylation sites is 4. The van der Waals surface area contributed by atoms with Gasteiger partial charge in [0.1, 0.15) is 0 Å². The topological polar surface area (TPSA) is 61.4 Å². The highest BCUT2D eigenvalue weighted by atomic mass is 15.1. The lowest BCUT2D eigenvalue weighted by molar-refractivity contribution is 1.06. The van der Waals surface area contributed by atoms with Crippen molar-refractivity contribution in [2.45, 2.75) is 0 Å². The molecule has 0 N–H and O–H groups in total. The zero-order valence-corrected chi connectivity index (χ0v) is 36.8. The van der Waals surface area contributed by atoms with Gasteiger partial charge in [-0.2, -0.15) is 0 Å². The Kier molecular flexibility index (Phi) is 9.39. The molecule has 4 heterocycles. The molecule has 9 aromatic carbocycles. The Morgan fingerprint density at radius 1 is 0.265 bits per heavy atom. The van der Waals surface area contributed by atoms with Crippen molar-refractivity contribution in [2.75, 3.05) is 0 Å². The molecule has 0 aliphatic carbocycles. The molecule has 0 saturated carbocycles. The fourth-order valence-electron chi connectivity index (χ4n) is 9.92. The molecule has 13 rings (SSSR count). The van der Waals surface area contributed by atoms with Crippen LogP contribution in [0.1, 0.15) is 0 Å². The molecule has 6 nitrogen and oxygen atoms in total. The van der Waals surface area contributed by atoms with Gasteiger partial charge < -0.3 is 9.13 Å². The summed E-state index contributed by atoms with van der Waals surface area (Å²) < 4.78 is 4.75. The summed E-state index contributed by atoms with van der Waals surface area (Å²) in [6.45, 7) is 0. The lowest BCUT2D eigenvalue weighted by atomic mass is 9.96. The van der Waals surface area contributed by atoms with Gasteiger partial charge in [0.05, 0.1) is 33.4 Å². The van der Waals surface area contributed by atoms with Gasteiger partial charge in [-0.3, -0.25) is 4.98 Å². The summed E-state index contributed by atoms with van der Waals surface area (Å²) in [7, 11) is 0. The highest BCUT2D eigenvalue weighted by Crippen LogP contribution is 2.41. The number of fused-ring (bicyclic) bond motifs is 6. The van der Waals surface area contributed by atoms with E-state index in [1.165, 1.54) is 27.1 Å². The Morgan fingerprint density at radius 3 is 1.28 bits per heavy atom. The van der Waals surface area contributed by atoms with Crippen LogP contribution in [-0.2, 0) is 0 Å². The van der Waals surface area contributed by atoms with Crippen LogP contribution in [0.4, 0.5) is 0 Å². The predicted molar refractivity (Wildman–Crippen MR) is 279 cm³/mol. The Hall–Kier alpha value is -9.26. The smallest absolute Gasteiger partial charge is 0.166 e. The molecule has 0 aliphatic heterocycles. The van der Waals surface area contributed by atoms with Crippen molar-refractivity contribution in [3.05, 3.63) is 243 Å². The van der Waals surface area contributed by atoms with E-state index < -0.39 is 0 Å². The van der Waals surface area contributed by atoms with Gasteiger partial charge in [-0.15, -0.1) is 0 Å². The van der Waals surface area contributed by atoms with Crippen LogP contribution in [0.2, 0.25) is 0 Å². The number of rotatable bonds is 8. The van der Waals surface area contributed by atoms with E-state index >= 15 is 0 Å². The van der Waals surface area contributed by atoms with Crippen molar-refractivity contribution in [2.24, 2.45) is 0 Å². The summed E-state index contributed by atoms with van der Waals surface area (Å²) in [5.41, 5.74) is 15.7. The van der Waals surface area contributed by atoms with Crippen LogP contribution in [0.25, 0.3) is 123 Å². The highest BCUT2D eigenvalue weighted by molar-refractivity contribution is 6.11. The van der Waals surface area contributed by atoms with Gasteiger partial charge in [0, 0.05) is 61.8 Å². The van der Waals surface area contributed by atoms with E-state index in [0.29, 0.717) is 17.5 Å². The quantitative estimate of drug-likeness (QED) is 0.153. The Labute approximate surface area is 392 Å². The van der Waals surface area contributed by atoms with Gasteiger partial charge in [-0.1, -0.05) is 176 Å². The molecular formula is C62H40N6. The van der Waals surface area contributed by atoms with Crippen LogP contribution in [0, 0.1) is 0 Å². The minimum atomic E-state index is 0.571. The first-order valence-corrected chi connectivity index (χ1v) is 22.9. The summed E-state index contributed by atoms with van der Waals surface area (Å²) in [5, 5.41) is 4.74. The predicted octanol–water partition coefficient (Wildman–Crippen LogP) is 15.5. The maximum atomic E-state index is 5.48. The van der Waals surface area contributed by atoms with E-state index in [1.807, 2.05) is 36.7 Å². The third-order valence-electron chi connectivity index (χ3n) is 13.1. The second kappa shape index (κ2) is 16.3. The van der Waals surface area contributed by atoms with E-state index in [1.54, 1.807) is 0 Å². The average molecular weight is 869 g/mol. The number of pyridine rings is 1. The highest BCUT2D eigenvalue weighted by Gasteiger charge is 2.22. The van der Waals surface area contributed by atoms with Gasteiger partial charge in [0.15, 0.2) is 17.5 Å². The monoisotopic (exact) mass is 868 g/mol. The average Bonchev–Trinajstić information content (AvgIpc) is 3.94. The molecule has 0 aliphatic rings. The third-order valence-corrected chi connectivity index (χ3v) is 13.1. The summed E-state index contributed by atoms with van der Waals surface area (Å²) in [4.78, 5) is 20.6. The molecule has 0 fully saturated rings. The summed E-state index contributed by atoms with van der Waals surface area (Å²) in [5.74, 6) is 1.74. The summed E-state index contributed by atoms with van der Waals surface area (Å²) >= 11 is 0. The zero-order chi connectivity index (χ0) is 45.0. The van der Waals surface area contributed by atoms with E-state index in [0.717, 1.165) is 77.9 Å². The molecule has 4 aromatic heterocycles. The first kappa shape index (κ1) is 39.1. The normalized spacial score (nSPS) is 11.5. The summed E-state index contributed by atoms with van der Waals surface area (Å²) in [6, 6.07) is 81.4. The number of hydrogen-bond donors (Lipinski definition) is 0. The second-order valence-electron chi connectivity index (χ2n) is 17.1. The van der Waals surface area contributed by atoms with Crippen molar-refractivity contribution < 1.29 is 0 Å². The van der Waals surface area contributed by atoms with Crippen molar-refractivity contribution in [3.8, 4) is 78.9 Å². The SMILES string of the molecule is c1ccc(-c2cccc(-c3ccc(-c4nc(-c5ccccc5)nc(-c5ccc(-c6cccnc6)cc5-n5c6ccccc6c6ccccc65)n4)cc3-n3c4ccccc4c4ccccc43)c2)cc1. The maximum absolute atomic E-state index is 5.48. The molecule has 0 radical (unpaired) electrons. The van der Waals surface area contributed by atoms with Crippen molar-refractivity contribution in [3.63, 3.8) is 0 Å². The number of nitrogens with zero attached hydrogens (tertiary/aromatic N) is 6. The lowest BCUT2D eigenvalue weighted by Gasteiger charge is -2.18. The Morgan fingerprint density at radius 2 is 0.691 bits per heavy atom. The summed E-state index contributed by atoms with van der Waals surface area (Å²) in [6.07, 6.45) is 3.72. The Balaban J connectivity index is 1.08. The van der Waals surface area contributed by atoms with Gasteiger partial charge in [0.2, 0.25) is 0 Å². The third kappa shape index (κ3) is 6.66. The van der Waals surface area contributed by atoms with Crippen LogP contribution in [0.3, 0.4) is 0 Å². The molecular weight excluding hydrogens is 829 g/mol. The van der Waals surface area contributed by atoms with E-state index in [4.69, 9.17) is 15.0 Å². The van der Waals surface area contributed by atoms with Gasteiger partial charge in [0.25, 0.3) is 0 Å². The van der Waals surface area contributed by atoms with Gasteiger partial charge in [-0.05, 0) is 76.9 Å². The molecule has 13 aromatic rings. The van der Waals surface area contributed by atoms with Crippen molar-refractivity contribution in [1.82, 2.24) is 29.1 Å². The number of aromatic nitrogens is 6. The fraction of sp³-hybridized carbons (Fsp3) is 0. The molecule has 68 heavy (non-hydrogen) atoms. The molecule has 0 bridgehead atoms. The van der Waals surface area contributed by atoms with Crippen molar-refractivity contribution in [1.29, 1.82) is 0 Å². The first-order valence-electron chi connectivity index (χ1n) is 22.9. The number of hydrogen-bond acceptors (Lipinski definition) is 4. The molecule has 0 saturated heterocycles. The lowest BCUT2D eigenvalue weighted by Crippen LogP contribution is -2.05. The fourth-order valence-corrected chi connectivity index (χ4v) is 9.92. The van der Waals surface area contributed by atoms with E-state index in [-0.39, 0.29) is 0 Å². The van der Waals surface area contributed by atoms with Crippen LogP contribution < -0.4 is 0 Å². The first-order chi connectivity index (χ1) is 33.7. The zero-order valence-electron chi connectivity index (χ0n) is 36.8. The van der Waals surface area contributed by atoms with Crippen molar-refractivity contribution >= 4 is 43.6 Å². The van der Waals surface area contributed by atoms with Crippen LogP contribution in [0.5, 0.6) is 0 Å². The van der Waals surface area contributed by atoms with Crippen LogP contribution >= 0.6 is 0 Å². The van der Waals surface area contributed by atoms with E-state index in [2.05, 4.69) is 220 Å². The number of benzene rings is 9. The molecule has 0 amide bonds.